The van der Waals surface area contributed by atoms with E-state index in [1.807, 2.05) is 24.3 Å². The van der Waals surface area contributed by atoms with Crippen LogP contribution in [0, 0.1) is 0 Å². The summed E-state index contributed by atoms with van der Waals surface area (Å²) in [5.74, 6) is -0.0978. The average molecular weight is 298 g/mol. The van der Waals surface area contributed by atoms with Crippen molar-refractivity contribution in [1.82, 2.24) is 14.9 Å². The van der Waals surface area contributed by atoms with Gasteiger partial charge in [-0.1, -0.05) is 6.07 Å². The Bertz CT molecular complexity index is 785. The fraction of sp³-hybridized carbons (Fsp3) is 0.133. The number of rotatable bonds is 3. The average Bonchev–Trinajstić information content (AvgIpc) is 2.85. The Morgan fingerprint density at radius 1 is 1.33 bits per heavy atom. The molecule has 3 aromatic heterocycles. The number of nitrogens with two attached hydrogens (primary N) is 1. The molecule has 2 N–H and O–H groups in total. The summed E-state index contributed by atoms with van der Waals surface area (Å²) in [5.41, 5.74) is 7.57. The topological polar surface area (TPSA) is 72.1 Å². The second-order valence-corrected chi connectivity index (χ2v) is 5.72. The van der Waals surface area contributed by atoms with E-state index < -0.39 is 0 Å². The lowest BCUT2D eigenvalue weighted by molar-refractivity contribution is 0.0791. The number of fused-ring (bicyclic) bond motifs is 1. The minimum atomic E-state index is -0.0978. The molecule has 3 heterocycles. The van der Waals surface area contributed by atoms with Crippen LogP contribution >= 0.6 is 11.3 Å². The minimum Gasteiger partial charge on any atom is -0.397 e. The highest BCUT2D eigenvalue weighted by atomic mass is 32.1. The number of nitrogen functional groups attached to an aromatic ring is 1. The molecule has 1 amide bonds. The summed E-state index contributed by atoms with van der Waals surface area (Å²) in [4.78, 5) is 23.8. The van der Waals surface area contributed by atoms with Gasteiger partial charge in [-0.2, -0.15) is 0 Å². The molecule has 0 saturated carbocycles. The van der Waals surface area contributed by atoms with Crippen LogP contribution in [0.3, 0.4) is 0 Å². The van der Waals surface area contributed by atoms with Crippen molar-refractivity contribution in [2.75, 3.05) is 12.8 Å². The zero-order valence-corrected chi connectivity index (χ0v) is 12.3. The van der Waals surface area contributed by atoms with Crippen molar-refractivity contribution in [3.05, 3.63) is 53.3 Å². The third kappa shape index (κ3) is 2.57. The van der Waals surface area contributed by atoms with Gasteiger partial charge in [0.1, 0.15) is 9.71 Å². The van der Waals surface area contributed by atoms with Crippen LogP contribution in [0.15, 0.2) is 42.9 Å². The molecule has 0 aliphatic carbocycles. The molecule has 0 atom stereocenters. The van der Waals surface area contributed by atoms with E-state index in [1.165, 1.54) is 11.3 Å². The zero-order chi connectivity index (χ0) is 14.8. The highest BCUT2D eigenvalue weighted by Gasteiger charge is 2.20. The van der Waals surface area contributed by atoms with Gasteiger partial charge in [0.15, 0.2) is 0 Å². The summed E-state index contributed by atoms with van der Waals surface area (Å²) in [6, 6.07) is 7.49. The van der Waals surface area contributed by atoms with Crippen LogP contribution in [-0.2, 0) is 6.54 Å². The second kappa shape index (κ2) is 5.49. The number of pyridine rings is 2. The van der Waals surface area contributed by atoms with Crippen molar-refractivity contribution in [3.63, 3.8) is 0 Å². The quantitative estimate of drug-likeness (QED) is 0.806. The normalized spacial score (nSPS) is 10.7. The van der Waals surface area contributed by atoms with E-state index in [4.69, 9.17) is 5.73 Å². The van der Waals surface area contributed by atoms with Crippen molar-refractivity contribution < 1.29 is 4.79 Å². The number of aromatic nitrogens is 2. The molecule has 0 spiro atoms. The minimum absolute atomic E-state index is 0.0978. The lowest BCUT2D eigenvalue weighted by Gasteiger charge is -2.16. The lowest BCUT2D eigenvalue weighted by Crippen LogP contribution is -2.26. The Balaban J connectivity index is 1.88. The Kier molecular flexibility index (Phi) is 3.53. The van der Waals surface area contributed by atoms with Crippen LogP contribution in [0.4, 0.5) is 5.69 Å². The van der Waals surface area contributed by atoms with Crippen LogP contribution in [0.1, 0.15) is 15.2 Å². The number of thiophene rings is 1. The van der Waals surface area contributed by atoms with Gasteiger partial charge in [0.25, 0.3) is 5.91 Å². The Labute approximate surface area is 126 Å². The summed E-state index contributed by atoms with van der Waals surface area (Å²) >= 11 is 1.33. The maximum Gasteiger partial charge on any atom is 0.266 e. The Morgan fingerprint density at radius 2 is 2.14 bits per heavy atom. The molecule has 6 heteroatoms. The van der Waals surface area contributed by atoms with Gasteiger partial charge in [0.2, 0.25) is 0 Å². The Hall–Kier alpha value is -2.47. The molecule has 5 nitrogen and oxygen atoms in total. The number of carbonyl (C=O) groups is 1. The molecular formula is C15H14N4OS. The van der Waals surface area contributed by atoms with Crippen molar-refractivity contribution in [2.45, 2.75) is 6.54 Å². The van der Waals surface area contributed by atoms with Crippen LogP contribution in [0.25, 0.3) is 10.2 Å². The summed E-state index contributed by atoms with van der Waals surface area (Å²) in [7, 11) is 1.76. The van der Waals surface area contributed by atoms with E-state index in [1.54, 1.807) is 30.5 Å². The third-order valence-corrected chi connectivity index (χ3v) is 4.31. The first-order valence-corrected chi connectivity index (χ1v) is 7.26. The molecule has 3 rings (SSSR count). The van der Waals surface area contributed by atoms with Crippen LogP contribution in [-0.4, -0.2) is 27.8 Å². The van der Waals surface area contributed by atoms with E-state index in [2.05, 4.69) is 9.97 Å². The van der Waals surface area contributed by atoms with Crippen LogP contribution in [0.2, 0.25) is 0 Å². The summed E-state index contributed by atoms with van der Waals surface area (Å²) in [6.07, 6.45) is 5.16. The van der Waals surface area contributed by atoms with E-state index >= 15 is 0 Å². The van der Waals surface area contributed by atoms with Crippen LogP contribution < -0.4 is 5.73 Å². The number of anilines is 1. The van der Waals surface area contributed by atoms with Crippen molar-refractivity contribution in [2.24, 2.45) is 0 Å². The molecule has 0 radical (unpaired) electrons. The standard InChI is InChI=1S/C15H14N4OS/c1-19(9-10-4-2-6-17-8-10)15(20)13-12(16)11-5-3-7-18-14(11)21-13/h2-8H,9,16H2,1H3. The van der Waals surface area contributed by atoms with E-state index in [0.29, 0.717) is 17.1 Å². The first kappa shape index (κ1) is 13.5. The molecule has 3 aromatic rings. The van der Waals surface area contributed by atoms with Gasteiger partial charge >= 0.3 is 0 Å². The first-order valence-electron chi connectivity index (χ1n) is 6.44. The highest BCUT2D eigenvalue weighted by Crippen LogP contribution is 2.32. The number of nitrogens with zero attached hydrogens (tertiary/aromatic N) is 3. The van der Waals surface area contributed by atoms with Gasteiger partial charge in [-0.3, -0.25) is 9.78 Å². The summed E-state index contributed by atoms with van der Waals surface area (Å²) in [6.45, 7) is 0.494. The SMILES string of the molecule is CN(Cc1cccnc1)C(=O)c1sc2ncccc2c1N. The fourth-order valence-corrected chi connectivity index (χ4v) is 3.18. The van der Waals surface area contributed by atoms with Gasteiger partial charge in [-0.05, 0) is 23.8 Å². The maximum atomic E-state index is 12.5. The zero-order valence-electron chi connectivity index (χ0n) is 11.5. The highest BCUT2D eigenvalue weighted by molar-refractivity contribution is 7.21. The van der Waals surface area contributed by atoms with E-state index in [-0.39, 0.29) is 5.91 Å². The molecule has 0 unspecified atom stereocenters. The monoisotopic (exact) mass is 298 g/mol. The van der Waals surface area contributed by atoms with E-state index in [9.17, 15) is 4.79 Å². The third-order valence-electron chi connectivity index (χ3n) is 3.19. The van der Waals surface area contributed by atoms with Crippen molar-refractivity contribution in [3.8, 4) is 0 Å². The molecule has 0 aliphatic heterocycles. The molecule has 0 aliphatic rings. The molecular weight excluding hydrogens is 284 g/mol. The number of hydrogen-bond acceptors (Lipinski definition) is 5. The van der Waals surface area contributed by atoms with E-state index in [0.717, 1.165) is 15.8 Å². The smallest absolute Gasteiger partial charge is 0.266 e. The first-order chi connectivity index (χ1) is 10.2. The molecule has 21 heavy (non-hydrogen) atoms. The largest absolute Gasteiger partial charge is 0.397 e. The number of hydrogen-bond donors (Lipinski definition) is 1. The maximum absolute atomic E-state index is 12.5. The van der Waals surface area contributed by atoms with Gasteiger partial charge in [0.05, 0.1) is 5.69 Å². The predicted octanol–water partition coefficient (Wildman–Crippen LogP) is 2.55. The summed E-state index contributed by atoms with van der Waals surface area (Å²) < 4.78 is 0. The van der Waals surface area contributed by atoms with Crippen LogP contribution in [0.5, 0.6) is 0 Å². The van der Waals surface area contributed by atoms with Crippen molar-refractivity contribution in [1.29, 1.82) is 0 Å². The van der Waals surface area contributed by atoms with Gasteiger partial charge in [0, 0.05) is 37.6 Å². The predicted molar refractivity (Wildman–Crippen MR) is 84.1 cm³/mol. The van der Waals surface area contributed by atoms with Crippen molar-refractivity contribution >= 4 is 33.1 Å². The van der Waals surface area contributed by atoms with Gasteiger partial charge in [-0.25, -0.2) is 4.98 Å². The number of carbonyl (C=O) groups excluding carboxylic acids is 1. The lowest BCUT2D eigenvalue weighted by atomic mass is 10.2. The molecule has 0 aromatic carbocycles. The molecule has 0 bridgehead atoms. The fourth-order valence-electron chi connectivity index (χ4n) is 2.12. The molecule has 0 saturated heterocycles. The Morgan fingerprint density at radius 3 is 2.86 bits per heavy atom. The molecule has 0 fully saturated rings. The van der Waals surface area contributed by atoms with Gasteiger partial charge < -0.3 is 10.6 Å². The van der Waals surface area contributed by atoms with Gasteiger partial charge in [-0.15, -0.1) is 11.3 Å². The second-order valence-electron chi connectivity index (χ2n) is 4.72. The number of amides is 1. The summed E-state index contributed by atoms with van der Waals surface area (Å²) in [5, 5.41) is 0.834. The molecule has 106 valence electrons.